The van der Waals surface area contributed by atoms with Crippen LogP contribution in [0.4, 0.5) is 5.69 Å². The van der Waals surface area contributed by atoms with Gasteiger partial charge < -0.3 is 14.8 Å². The van der Waals surface area contributed by atoms with Gasteiger partial charge in [0.15, 0.2) is 6.61 Å². The molecule has 1 N–H and O–H groups in total. The molecule has 0 saturated carbocycles. The Labute approximate surface area is 141 Å². The van der Waals surface area contributed by atoms with Crippen molar-refractivity contribution in [3.63, 3.8) is 0 Å². The highest BCUT2D eigenvalue weighted by atomic mass is 16.5. The molecule has 0 aliphatic heterocycles. The van der Waals surface area contributed by atoms with Crippen molar-refractivity contribution in [3.05, 3.63) is 59.2 Å². The number of amides is 1. The van der Waals surface area contributed by atoms with E-state index in [9.17, 15) is 9.59 Å². The molecular formula is C19H21NO4. The Balaban J connectivity index is 1.88. The summed E-state index contributed by atoms with van der Waals surface area (Å²) in [5, 5.41) is 2.72. The lowest BCUT2D eigenvalue weighted by atomic mass is 10.1. The summed E-state index contributed by atoms with van der Waals surface area (Å²) >= 11 is 0. The second-order valence-electron chi connectivity index (χ2n) is 5.52. The van der Waals surface area contributed by atoms with Gasteiger partial charge in [-0.2, -0.15) is 0 Å². The second-order valence-corrected chi connectivity index (χ2v) is 5.52. The molecule has 0 spiro atoms. The molecule has 1 amide bonds. The van der Waals surface area contributed by atoms with E-state index in [1.54, 1.807) is 13.2 Å². The lowest BCUT2D eigenvalue weighted by Crippen LogP contribution is -2.22. The van der Waals surface area contributed by atoms with Gasteiger partial charge in [0.2, 0.25) is 0 Å². The molecule has 2 aromatic carbocycles. The maximum atomic E-state index is 12.0. The largest absolute Gasteiger partial charge is 0.496 e. The molecule has 0 atom stereocenters. The molecular weight excluding hydrogens is 306 g/mol. The summed E-state index contributed by atoms with van der Waals surface area (Å²) in [6.07, 6.45) is 0.0580. The number of hydrogen-bond acceptors (Lipinski definition) is 4. The predicted octanol–water partition coefficient (Wildman–Crippen LogP) is 3.04. The van der Waals surface area contributed by atoms with Gasteiger partial charge in [-0.3, -0.25) is 9.59 Å². The first kappa shape index (κ1) is 17.5. The fourth-order valence-electron chi connectivity index (χ4n) is 2.30. The van der Waals surface area contributed by atoms with Gasteiger partial charge >= 0.3 is 5.97 Å². The van der Waals surface area contributed by atoms with Gasteiger partial charge in [0.25, 0.3) is 5.91 Å². The summed E-state index contributed by atoms with van der Waals surface area (Å²) in [6.45, 7) is 3.51. The molecule has 5 nitrogen and oxygen atoms in total. The third kappa shape index (κ3) is 4.84. The van der Waals surface area contributed by atoms with Gasteiger partial charge in [0.05, 0.1) is 13.5 Å². The van der Waals surface area contributed by atoms with E-state index in [0.717, 1.165) is 16.7 Å². The zero-order valence-corrected chi connectivity index (χ0v) is 14.1. The summed E-state index contributed by atoms with van der Waals surface area (Å²) in [6, 6.07) is 13.0. The summed E-state index contributed by atoms with van der Waals surface area (Å²) in [7, 11) is 1.55. The quantitative estimate of drug-likeness (QED) is 0.828. The Morgan fingerprint density at radius 1 is 1.08 bits per heavy atom. The monoisotopic (exact) mass is 327 g/mol. The molecule has 0 aliphatic carbocycles. The van der Waals surface area contributed by atoms with Crippen molar-refractivity contribution in [2.45, 2.75) is 20.3 Å². The number of aryl methyl sites for hydroxylation is 2. The van der Waals surface area contributed by atoms with Crippen molar-refractivity contribution < 1.29 is 19.1 Å². The van der Waals surface area contributed by atoms with Gasteiger partial charge in [-0.15, -0.1) is 0 Å². The normalized spacial score (nSPS) is 10.1. The summed E-state index contributed by atoms with van der Waals surface area (Å²) in [4.78, 5) is 23.8. The third-order valence-corrected chi connectivity index (χ3v) is 3.55. The van der Waals surface area contributed by atoms with Gasteiger partial charge in [-0.1, -0.05) is 35.9 Å². The summed E-state index contributed by atoms with van der Waals surface area (Å²) < 4.78 is 10.3. The van der Waals surface area contributed by atoms with E-state index in [1.165, 1.54) is 0 Å². The van der Waals surface area contributed by atoms with Crippen LogP contribution < -0.4 is 10.1 Å². The van der Waals surface area contributed by atoms with Crippen molar-refractivity contribution in [1.82, 2.24) is 0 Å². The van der Waals surface area contributed by atoms with Crippen LogP contribution in [0.3, 0.4) is 0 Å². The number of rotatable bonds is 6. The SMILES string of the molecule is COc1ccc(C)cc1CC(=O)OCC(=O)Nc1ccccc1C. The smallest absolute Gasteiger partial charge is 0.310 e. The van der Waals surface area contributed by atoms with Crippen molar-refractivity contribution in [1.29, 1.82) is 0 Å². The van der Waals surface area contributed by atoms with Crippen LogP contribution in [-0.4, -0.2) is 25.6 Å². The lowest BCUT2D eigenvalue weighted by Gasteiger charge is -2.10. The summed E-state index contributed by atoms with van der Waals surface area (Å²) in [5.41, 5.74) is 3.42. The van der Waals surface area contributed by atoms with E-state index in [-0.39, 0.29) is 18.9 Å². The number of carbonyl (C=O) groups excluding carboxylic acids is 2. The minimum absolute atomic E-state index is 0.0580. The van der Waals surface area contributed by atoms with Crippen molar-refractivity contribution in [2.75, 3.05) is 19.0 Å². The molecule has 0 fully saturated rings. The molecule has 126 valence electrons. The van der Waals surface area contributed by atoms with Crippen LogP contribution in [0.5, 0.6) is 5.75 Å². The highest BCUT2D eigenvalue weighted by molar-refractivity contribution is 5.93. The number of methoxy groups -OCH3 is 1. The zero-order chi connectivity index (χ0) is 17.5. The molecule has 0 unspecified atom stereocenters. The second kappa shape index (κ2) is 8.15. The number of para-hydroxylation sites is 1. The van der Waals surface area contributed by atoms with E-state index >= 15 is 0 Å². The number of esters is 1. The molecule has 0 aromatic heterocycles. The molecule has 5 heteroatoms. The number of hydrogen-bond donors (Lipinski definition) is 1. The van der Waals surface area contributed by atoms with Crippen molar-refractivity contribution in [3.8, 4) is 5.75 Å². The van der Waals surface area contributed by atoms with Crippen LogP contribution in [0.2, 0.25) is 0 Å². The molecule has 0 aliphatic rings. The van der Waals surface area contributed by atoms with Gasteiger partial charge in [-0.25, -0.2) is 0 Å². The number of carbonyl (C=O) groups is 2. The first-order valence-corrected chi connectivity index (χ1v) is 7.64. The topological polar surface area (TPSA) is 64.6 Å². The van der Waals surface area contributed by atoms with Crippen molar-refractivity contribution >= 4 is 17.6 Å². The highest BCUT2D eigenvalue weighted by Gasteiger charge is 2.12. The highest BCUT2D eigenvalue weighted by Crippen LogP contribution is 2.20. The Morgan fingerprint density at radius 3 is 2.54 bits per heavy atom. The van der Waals surface area contributed by atoms with Crippen LogP contribution >= 0.6 is 0 Å². The lowest BCUT2D eigenvalue weighted by molar-refractivity contribution is -0.146. The maximum absolute atomic E-state index is 12.0. The number of anilines is 1. The molecule has 0 heterocycles. The number of ether oxygens (including phenoxy) is 2. The van der Waals surface area contributed by atoms with Crippen molar-refractivity contribution in [2.24, 2.45) is 0 Å². The summed E-state index contributed by atoms with van der Waals surface area (Å²) in [5.74, 6) is -0.213. The Kier molecular flexibility index (Phi) is 5.95. The van der Waals surface area contributed by atoms with E-state index in [1.807, 2.05) is 50.2 Å². The van der Waals surface area contributed by atoms with Crippen LogP contribution in [0.15, 0.2) is 42.5 Å². The average Bonchev–Trinajstić information content (AvgIpc) is 2.55. The Bertz CT molecular complexity index is 740. The Hall–Kier alpha value is -2.82. The molecule has 0 bridgehead atoms. The molecule has 24 heavy (non-hydrogen) atoms. The first-order valence-electron chi connectivity index (χ1n) is 7.64. The minimum Gasteiger partial charge on any atom is -0.496 e. The van der Waals surface area contributed by atoms with Gasteiger partial charge in [0.1, 0.15) is 5.75 Å². The van der Waals surface area contributed by atoms with E-state index in [2.05, 4.69) is 5.32 Å². The van der Waals surface area contributed by atoms with Gasteiger partial charge in [0, 0.05) is 11.3 Å². The first-order chi connectivity index (χ1) is 11.5. The minimum atomic E-state index is -0.473. The third-order valence-electron chi connectivity index (χ3n) is 3.55. The molecule has 2 rings (SSSR count). The van der Waals surface area contributed by atoms with Crippen LogP contribution in [0.25, 0.3) is 0 Å². The Morgan fingerprint density at radius 2 is 1.83 bits per heavy atom. The van der Waals surface area contributed by atoms with Crippen LogP contribution in [-0.2, 0) is 20.7 Å². The van der Waals surface area contributed by atoms with Crippen LogP contribution in [0, 0.1) is 13.8 Å². The molecule has 0 saturated heterocycles. The fraction of sp³-hybridized carbons (Fsp3) is 0.263. The number of benzene rings is 2. The van der Waals surface area contributed by atoms with E-state index in [4.69, 9.17) is 9.47 Å². The van der Waals surface area contributed by atoms with E-state index < -0.39 is 5.97 Å². The van der Waals surface area contributed by atoms with E-state index in [0.29, 0.717) is 11.4 Å². The maximum Gasteiger partial charge on any atom is 0.310 e. The standard InChI is InChI=1S/C19H21NO4/c1-13-8-9-17(23-3)15(10-13)11-19(22)24-12-18(21)20-16-7-5-4-6-14(16)2/h4-10H,11-12H2,1-3H3,(H,20,21). The van der Waals surface area contributed by atoms with Gasteiger partial charge in [-0.05, 0) is 31.5 Å². The van der Waals surface area contributed by atoms with Crippen LogP contribution in [0.1, 0.15) is 16.7 Å². The predicted molar refractivity (Wildman–Crippen MR) is 92.2 cm³/mol. The molecule has 2 aromatic rings. The number of nitrogens with one attached hydrogen (secondary N) is 1. The fourth-order valence-corrected chi connectivity index (χ4v) is 2.30. The zero-order valence-electron chi connectivity index (χ0n) is 14.1. The molecule has 0 radical (unpaired) electrons. The average molecular weight is 327 g/mol.